The number of anilines is 6. The van der Waals surface area contributed by atoms with Gasteiger partial charge in [0.1, 0.15) is 63.4 Å². The lowest BCUT2D eigenvalue weighted by Gasteiger charge is -2.32. The molecule has 3 aliphatic heterocycles. The highest BCUT2D eigenvalue weighted by atomic mass is 16.5. The highest BCUT2D eigenvalue weighted by molar-refractivity contribution is 5.87. The molecule has 540 valence electrons. The van der Waals surface area contributed by atoms with Crippen LogP contribution in [-0.2, 0) is 39.0 Å². The fourth-order valence-electron chi connectivity index (χ4n) is 14.6. The van der Waals surface area contributed by atoms with E-state index in [0.717, 1.165) is 270 Å². The van der Waals surface area contributed by atoms with E-state index in [1.807, 2.05) is 32.2 Å². The van der Waals surface area contributed by atoms with Crippen molar-refractivity contribution in [1.82, 2.24) is 75.0 Å². The second-order valence-corrected chi connectivity index (χ2v) is 27.0. The molecule has 3 aromatic carbocycles. The second-order valence-electron chi connectivity index (χ2n) is 27.0. The van der Waals surface area contributed by atoms with Crippen molar-refractivity contribution in [1.29, 1.82) is 0 Å². The smallest absolute Gasteiger partial charge is 0.183 e. The zero-order chi connectivity index (χ0) is 70.3. The Hall–Kier alpha value is -9.90. The van der Waals surface area contributed by atoms with Crippen LogP contribution in [0.1, 0.15) is 107 Å². The number of tetrazole rings is 1. The van der Waals surface area contributed by atoms with Gasteiger partial charge in [0.2, 0.25) is 0 Å². The third-order valence-corrected chi connectivity index (χ3v) is 20.0. The molecule has 0 unspecified atom stereocenters. The highest BCUT2D eigenvalue weighted by Crippen LogP contribution is 2.38. The lowest BCUT2D eigenvalue weighted by atomic mass is 9.92. The third kappa shape index (κ3) is 17.9. The number of pyridine rings is 1. The Balaban J connectivity index is 0.000000131. The van der Waals surface area contributed by atoms with Crippen molar-refractivity contribution in [3.8, 4) is 28.6 Å². The first kappa shape index (κ1) is 70.2. The molecule has 7 aromatic heterocycles. The Bertz CT molecular complexity index is 4400. The standard InChI is InChI=1S/C26H34N6O2.C25H29N9O2.C24H30N6O3/c1-4-22-17(2)29-18(3)30-26(22)31-19-5-7-21(8-6-19)34-24-16-20(32-11-13-33-14-12-32)15-23-25(24)28-10-9-27-23;1-33-25(30-31-32-33)17-2-7-23(28-16-17)29-18-3-5-20(6-4-18)36-22-15-19(34-10-12-35-13-11-34)14-21-24(22)27-9-8-26-21;1-31-15-18-12-23(28-16-27-18)29-17-2-4-20(5-3-17)33-22-14-19(30-8-10-32-11-9-30)13-21-24(22)26-7-6-25-21/h9-10,15-16,19,21H,4-8,11-14H2,1-3H3,(H,29,30,31);2,7-9,14-16,18,20H,3-6,10-13H2,1H3,(H,28,29);6-7,12-14,16-17,20H,2-5,8-11,15H2,1H3,(H,27,28,29). The molecule has 16 rings (SSSR count). The molecule has 28 nitrogen and oxygen atoms in total. The topological polar surface area (TPSA) is 296 Å². The van der Waals surface area contributed by atoms with Crippen molar-refractivity contribution in [3.05, 3.63) is 127 Å². The van der Waals surface area contributed by atoms with Crippen LogP contribution in [0, 0.1) is 13.8 Å². The number of hydrogen-bond donors (Lipinski definition) is 3. The first-order valence-corrected chi connectivity index (χ1v) is 36.5. The quantitative estimate of drug-likeness (QED) is 0.0678. The second kappa shape index (κ2) is 33.9. The summed E-state index contributed by atoms with van der Waals surface area (Å²) in [4.78, 5) is 56.7. The molecule has 0 radical (unpaired) electrons. The van der Waals surface area contributed by atoms with E-state index in [1.54, 1.807) is 61.5 Å². The van der Waals surface area contributed by atoms with Gasteiger partial charge >= 0.3 is 0 Å². The summed E-state index contributed by atoms with van der Waals surface area (Å²) in [6.45, 7) is 16.4. The molecule has 10 heterocycles. The molecule has 103 heavy (non-hydrogen) atoms. The van der Waals surface area contributed by atoms with Crippen molar-refractivity contribution < 1.29 is 33.2 Å². The SMILES string of the molecule is CCc1c(C)nc(C)nc1NC1CCC(Oc2cc(N3CCOCC3)cc3nccnc23)CC1.COCc1cc(NC2CCC(Oc3cc(N4CCOCC4)cc4nccnc34)CC2)ncn1.Cn1nnnc1-c1ccc(NC2CCC(Oc3cc(N4CCOCC4)cc4nccnc34)CC2)nc1. The Kier molecular flexibility index (Phi) is 23.1. The van der Waals surface area contributed by atoms with Crippen LogP contribution in [0.3, 0.4) is 0 Å². The zero-order valence-electron chi connectivity index (χ0n) is 59.6. The molecule has 28 heteroatoms. The number of nitrogens with zero attached hydrogens (tertiary/aromatic N) is 18. The van der Waals surface area contributed by atoms with Crippen LogP contribution in [0.4, 0.5) is 34.5 Å². The van der Waals surface area contributed by atoms with Crippen LogP contribution in [0.2, 0.25) is 0 Å². The van der Waals surface area contributed by atoms with Crippen LogP contribution in [0.25, 0.3) is 44.5 Å². The molecular formula is C75H93N21O7. The van der Waals surface area contributed by atoms with Crippen LogP contribution >= 0.6 is 0 Å². The van der Waals surface area contributed by atoms with Gasteiger partial charge in [0.15, 0.2) is 5.82 Å². The maximum absolute atomic E-state index is 6.57. The number of nitrogens with one attached hydrogen (secondary N) is 3. The van der Waals surface area contributed by atoms with Gasteiger partial charge in [-0.1, -0.05) is 6.92 Å². The molecule has 0 atom stereocenters. The number of rotatable bonds is 19. The molecule has 6 fully saturated rings. The molecule has 3 saturated heterocycles. The molecule has 3 aliphatic carbocycles. The Morgan fingerprint density at radius 1 is 0.485 bits per heavy atom. The number of benzene rings is 3. The fourth-order valence-corrected chi connectivity index (χ4v) is 14.6. The lowest BCUT2D eigenvalue weighted by molar-refractivity contribution is 0.122. The number of hydrogen-bond acceptors (Lipinski definition) is 27. The molecule has 0 bridgehead atoms. The van der Waals surface area contributed by atoms with Gasteiger partial charge in [-0.3, -0.25) is 15.0 Å². The summed E-state index contributed by atoms with van der Waals surface area (Å²) >= 11 is 0. The van der Waals surface area contributed by atoms with Gasteiger partial charge < -0.3 is 63.8 Å². The molecule has 10 aromatic rings. The molecule has 0 spiro atoms. The van der Waals surface area contributed by atoms with Gasteiger partial charge in [0.05, 0.1) is 86.8 Å². The summed E-state index contributed by atoms with van der Waals surface area (Å²) in [5, 5.41) is 22.4. The largest absolute Gasteiger partial charge is 0.488 e. The molecule has 3 saturated carbocycles. The van der Waals surface area contributed by atoms with E-state index in [9.17, 15) is 0 Å². The molecule has 6 aliphatic rings. The van der Waals surface area contributed by atoms with Crippen molar-refractivity contribution in [3.63, 3.8) is 0 Å². The number of morpholine rings is 3. The fraction of sp³-hybridized carbons (Fsp3) is 0.493. The molecular weight excluding hydrogens is 1310 g/mol. The first-order chi connectivity index (χ1) is 50.6. The lowest BCUT2D eigenvalue weighted by Crippen LogP contribution is -2.36. The number of aryl methyl sites for hydroxylation is 3. The summed E-state index contributed by atoms with van der Waals surface area (Å²) in [6, 6.07) is 19.7. The van der Waals surface area contributed by atoms with Crippen molar-refractivity contribution in [2.24, 2.45) is 7.05 Å². The van der Waals surface area contributed by atoms with E-state index in [0.29, 0.717) is 30.6 Å². The normalized spacial score (nSPS) is 20.8. The summed E-state index contributed by atoms with van der Waals surface area (Å²) in [5.74, 6) is 6.69. The Morgan fingerprint density at radius 3 is 1.35 bits per heavy atom. The van der Waals surface area contributed by atoms with Crippen molar-refractivity contribution >= 4 is 67.6 Å². The van der Waals surface area contributed by atoms with Crippen molar-refractivity contribution in [2.75, 3.05) is 117 Å². The number of aromatic nitrogens is 15. The van der Waals surface area contributed by atoms with Gasteiger partial charge in [-0.05, 0) is 138 Å². The number of fused-ring (bicyclic) bond motifs is 3. The minimum Gasteiger partial charge on any atom is -0.488 e. The number of ether oxygens (including phenoxy) is 7. The average Bonchev–Trinajstić information content (AvgIpc) is 1.41. The Morgan fingerprint density at radius 2 is 0.932 bits per heavy atom. The van der Waals surface area contributed by atoms with Gasteiger partial charge in [0.25, 0.3) is 0 Å². The van der Waals surface area contributed by atoms with Gasteiger partial charge in [0, 0.05) is 173 Å². The van der Waals surface area contributed by atoms with E-state index in [2.05, 4.69) is 146 Å². The first-order valence-electron chi connectivity index (χ1n) is 36.5. The predicted molar refractivity (Wildman–Crippen MR) is 394 cm³/mol. The van der Waals surface area contributed by atoms with Gasteiger partial charge in [-0.15, -0.1) is 5.10 Å². The van der Waals surface area contributed by atoms with E-state index in [4.69, 9.17) is 38.1 Å². The number of methoxy groups -OCH3 is 1. The van der Waals surface area contributed by atoms with E-state index < -0.39 is 0 Å². The maximum atomic E-state index is 6.57. The van der Waals surface area contributed by atoms with Gasteiger partial charge in [-0.2, -0.15) is 0 Å². The van der Waals surface area contributed by atoms with Crippen molar-refractivity contribution in [2.45, 2.75) is 147 Å². The molecule has 0 amide bonds. The van der Waals surface area contributed by atoms with Crippen LogP contribution in [0.15, 0.2) is 104 Å². The van der Waals surface area contributed by atoms with E-state index >= 15 is 0 Å². The average molecular weight is 1400 g/mol. The summed E-state index contributed by atoms with van der Waals surface area (Å²) in [5.41, 5.74) is 12.5. The van der Waals surface area contributed by atoms with Gasteiger partial charge in [-0.25, -0.2) is 44.6 Å². The minimum atomic E-state index is 0.145. The third-order valence-electron chi connectivity index (χ3n) is 20.0. The summed E-state index contributed by atoms with van der Waals surface area (Å²) in [7, 11) is 3.48. The monoisotopic (exact) mass is 1400 g/mol. The van der Waals surface area contributed by atoms with Crippen LogP contribution < -0.4 is 44.9 Å². The van der Waals surface area contributed by atoms with E-state index in [1.165, 1.54) is 5.56 Å². The summed E-state index contributed by atoms with van der Waals surface area (Å²) < 4.78 is 43.0. The summed E-state index contributed by atoms with van der Waals surface area (Å²) in [6.07, 6.45) is 27.2. The maximum Gasteiger partial charge on any atom is 0.183 e. The zero-order valence-corrected chi connectivity index (χ0v) is 59.6. The minimum absolute atomic E-state index is 0.145. The molecule has 3 N–H and O–H groups in total. The van der Waals surface area contributed by atoms with E-state index in [-0.39, 0.29) is 18.3 Å². The Labute approximate surface area is 599 Å². The van der Waals surface area contributed by atoms with Crippen LogP contribution in [-0.4, -0.2) is 197 Å². The highest BCUT2D eigenvalue weighted by Gasteiger charge is 2.29. The van der Waals surface area contributed by atoms with Crippen LogP contribution in [0.5, 0.6) is 17.2 Å². The predicted octanol–water partition coefficient (Wildman–Crippen LogP) is 10.3.